The van der Waals surface area contributed by atoms with Gasteiger partial charge in [0.1, 0.15) is 5.75 Å². The third-order valence-electron chi connectivity index (χ3n) is 4.24. The predicted octanol–water partition coefficient (Wildman–Crippen LogP) is 1.46. The van der Waals surface area contributed by atoms with Crippen LogP contribution >= 0.6 is 0 Å². The second-order valence-electron chi connectivity index (χ2n) is 5.51. The van der Waals surface area contributed by atoms with Crippen molar-refractivity contribution in [3.63, 3.8) is 0 Å². The van der Waals surface area contributed by atoms with Gasteiger partial charge < -0.3 is 10.1 Å². The van der Waals surface area contributed by atoms with Crippen LogP contribution in [0.4, 0.5) is 0 Å². The van der Waals surface area contributed by atoms with Gasteiger partial charge in [-0.1, -0.05) is 6.07 Å². The summed E-state index contributed by atoms with van der Waals surface area (Å²) in [6.07, 6.45) is 1.31. The van der Waals surface area contributed by atoms with Gasteiger partial charge in [0.25, 0.3) is 0 Å². The molecule has 1 aromatic carbocycles. The zero-order chi connectivity index (χ0) is 13.6. The van der Waals surface area contributed by atoms with Crippen molar-refractivity contribution in [2.45, 2.75) is 37.1 Å². The van der Waals surface area contributed by atoms with Crippen LogP contribution in [0, 0.1) is 0 Å². The first-order valence-corrected chi connectivity index (χ1v) is 8.37. The van der Waals surface area contributed by atoms with E-state index in [1.165, 1.54) is 0 Å². The predicted molar refractivity (Wildman–Crippen MR) is 74.2 cm³/mol. The summed E-state index contributed by atoms with van der Waals surface area (Å²) < 4.78 is 30.0. The van der Waals surface area contributed by atoms with E-state index in [-0.39, 0.29) is 23.1 Å². The van der Waals surface area contributed by atoms with Crippen molar-refractivity contribution in [2.24, 2.45) is 0 Å². The molecule has 0 aromatic heterocycles. The maximum Gasteiger partial charge on any atom is 0.155 e. The Bertz CT molecular complexity index is 597. The number of ether oxygens (including phenoxy) is 1. The number of nitrogens with one attached hydrogen (secondary N) is 1. The zero-order valence-electron chi connectivity index (χ0n) is 11.2. The van der Waals surface area contributed by atoms with E-state index in [4.69, 9.17) is 4.74 Å². The molecule has 1 N–H and O–H groups in total. The number of sulfone groups is 1. The van der Waals surface area contributed by atoms with Crippen molar-refractivity contribution < 1.29 is 13.2 Å². The normalized spacial score (nSPS) is 32.2. The molecule has 4 nitrogen and oxygen atoms in total. The van der Waals surface area contributed by atoms with E-state index >= 15 is 0 Å². The SMILES string of the molecule is COc1ccc2c(c1)C1NC(C)CCS(=O)(=O)C1C2. The lowest BCUT2D eigenvalue weighted by Gasteiger charge is -2.20. The number of rotatable bonds is 1. The summed E-state index contributed by atoms with van der Waals surface area (Å²) in [7, 11) is -1.39. The molecule has 104 valence electrons. The van der Waals surface area contributed by atoms with Gasteiger partial charge in [-0.25, -0.2) is 8.42 Å². The van der Waals surface area contributed by atoms with Gasteiger partial charge in [-0.3, -0.25) is 0 Å². The van der Waals surface area contributed by atoms with Crippen molar-refractivity contribution in [2.75, 3.05) is 12.9 Å². The molecule has 2 aliphatic rings. The average molecular weight is 281 g/mol. The summed E-state index contributed by atoms with van der Waals surface area (Å²) in [5.41, 5.74) is 2.21. The highest BCUT2D eigenvalue weighted by atomic mass is 32.2. The van der Waals surface area contributed by atoms with E-state index in [0.717, 1.165) is 16.9 Å². The molecule has 1 aliphatic carbocycles. The first-order valence-electron chi connectivity index (χ1n) is 6.65. The van der Waals surface area contributed by atoms with Gasteiger partial charge in [0.05, 0.1) is 18.1 Å². The lowest BCUT2D eigenvalue weighted by Crippen LogP contribution is -2.35. The van der Waals surface area contributed by atoms with Crippen LogP contribution < -0.4 is 10.1 Å². The quantitative estimate of drug-likeness (QED) is 0.846. The third kappa shape index (κ3) is 2.15. The Morgan fingerprint density at radius 1 is 1.37 bits per heavy atom. The minimum atomic E-state index is -3.02. The summed E-state index contributed by atoms with van der Waals surface area (Å²) in [5.74, 6) is 1.07. The molecule has 0 saturated carbocycles. The van der Waals surface area contributed by atoms with Crippen LogP contribution in [-0.4, -0.2) is 32.6 Å². The molecule has 0 spiro atoms. The second kappa shape index (κ2) is 4.49. The lowest BCUT2D eigenvalue weighted by atomic mass is 10.1. The fraction of sp³-hybridized carbons (Fsp3) is 0.571. The lowest BCUT2D eigenvalue weighted by molar-refractivity contribution is 0.412. The highest BCUT2D eigenvalue weighted by Crippen LogP contribution is 2.39. The molecule has 1 fully saturated rings. The number of benzene rings is 1. The topological polar surface area (TPSA) is 55.4 Å². The maximum absolute atomic E-state index is 12.4. The molecule has 5 heteroatoms. The molecule has 3 unspecified atom stereocenters. The Balaban J connectivity index is 2.07. The van der Waals surface area contributed by atoms with Crippen LogP contribution in [0.2, 0.25) is 0 Å². The number of hydrogen-bond donors (Lipinski definition) is 1. The molecule has 0 radical (unpaired) electrons. The first-order chi connectivity index (χ1) is 9.01. The monoisotopic (exact) mass is 281 g/mol. The van der Waals surface area contributed by atoms with Crippen LogP contribution in [0.15, 0.2) is 18.2 Å². The van der Waals surface area contributed by atoms with Crippen molar-refractivity contribution in [3.05, 3.63) is 29.3 Å². The molecule has 3 atom stereocenters. The van der Waals surface area contributed by atoms with Gasteiger partial charge in [-0.05, 0) is 43.0 Å². The van der Waals surface area contributed by atoms with Crippen LogP contribution in [0.25, 0.3) is 0 Å². The summed E-state index contributed by atoms with van der Waals surface area (Å²) in [4.78, 5) is 0. The van der Waals surface area contributed by atoms with Crippen molar-refractivity contribution in [1.82, 2.24) is 5.32 Å². The minimum absolute atomic E-state index is 0.0902. The fourth-order valence-corrected chi connectivity index (χ4v) is 5.18. The number of fused-ring (bicyclic) bond motifs is 3. The Hall–Kier alpha value is -1.07. The van der Waals surface area contributed by atoms with E-state index in [2.05, 4.69) is 12.2 Å². The maximum atomic E-state index is 12.4. The van der Waals surface area contributed by atoms with Crippen LogP contribution in [0.3, 0.4) is 0 Å². The van der Waals surface area contributed by atoms with E-state index in [1.54, 1.807) is 7.11 Å². The largest absolute Gasteiger partial charge is 0.497 e. The second-order valence-corrected chi connectivity index (χ2v) is 7.85. The Labute approximate surface area is 114 Å². The summed E-state index contributed by atoms with van der Waals surface area (Å²) in [6, 6.07) is 6.00. The molecule has 0 amide bonds. The van der Waals surface area contributed by atoms with Crippen LogP contribution in [0.1, 0.15) is 30.5 Å². The Morgan fingerprint density at radius 2 is 2.16 bits per heavy atom. The minimum Gasteiger partial charge on any atom is -0.497 e. The summed E-state index contributed by atoms with van der Waals surface area (Å²) in [6.45, 7) is 2.05. The summed E-state index contributed by atoms with van der Waals surface area (Å²) in [5, 5.41) is 3.15. The van der Waals surface area contributed by atoms with E-state index in [1.807, 2.05) is 18.2 Å². The van der Waals surface area contributed by atoms with E-state index in [0.29, 0.717) is 12.8 Å². The zero-order valence-corrected chi connectivity index (χ0v) is 12.0. The molecule has 0 bridgehead atoms. The third-order valence-corrected chi connectivity index (χ3v) is 6.41. The molecular weight excluding hydrogens is 262 g/mol. The molecule has 1 aromatic rings. The van der Waals surface area contributed by atoms with Crippen molar-refractivity contribution in [3.8, 4) is 5.75 Å². The van der Waals surface area contributed by atoms with Gasteiger partial charge in [0, 0.05) is 12.1 Å². The average Bonchev–Trinajstić information content (AvgIpc) is 2.70. The van der Waals surface area contributed by atoms with E-state index < -0.39 is 9.84 Å². The summed E-state index contributed by atoms with van der Waals surface area (Å²) >= 11 is 0. The van der Waals surface area contributed by atoms with Crippen molar-refractivity contribution >= 4 is 9.84 Å². The Morgan fingerprint density at radius 3 is 2.89 bits per heavy atom. The standard InChI is InChI=1S/C14H19NO3S/c1-9-5-6-19(16,17)13-7-10-3-4-11(18-2)8-12(10)14(13)15-9/h3-4,8-9,13-15H,5-7H2,1-2H3. The molecule has 1 saturated heterocycles. The molecular formula is C14H19NO3S. The fourth-order valence-electron chi connectivity index (χ4n) is 3.12. The number of hydrogen-bond acceptors (Lipinski definition) is 4. The molecule has 1 heterocycles. The van der Waals surface area contributed by atoms with Gasteiger partial charge in [-0.2, -0.15) is 0 Å². The molecule has 3 rings (SSSR count). The van der Waals surface area contributed by atoms with Gasteiger partial charge in [0.15, 0.2) is 9.84 Å². The van der Waals surface area contributed by atoms with Gasteiger partial charge >= 0.3 is 0 Å². The highest BCUT2D eigenvalue weighted by Gasteiger charge is 2.43. The highest BCUT2D eigenvalue weighted by molar-refractivity contribution is 7.92. The van der Waals surface area contributed by atoms with E-state index in [9.17, 15) is 8.42 Å². The molecule has 19 heavy (non-hydrogen) atoms. The molecule has 1 aliphatic heterocycles. The van der Waals surface area contributed by atoms with Crippen molar-refractivity contribution in [1.29, 1.82) is 0 Å². The first kappa shape index (κ1) is 12.9. The van der Waals surface area contributed by atoms with Crippen LogP contribution in [-0.2, 0) is 16.3 Å². The Kier molecular flexibility index (Phi) is 3.06. The van der Waals surface area contributed by atoms with Gasteiger partial charge in [0.2, 0.25) is 0 Å². The van der Waals surface area contributed by atoms with Gasteiger partial charge in [-0.15, -0.1) is 0 Å². The number of methoxy groups -OCH3 is 1. The van der Waals surface area contributed by atoms with Crippen LogP contribution in [0.5, 0.6) is 5.75 Å². The smallest absolute Gasteiger partial charge is 0.155 e.